The molecule has 0 aliphatic heterocycles. The summed E-state index contributed by atoms with van der Waals surface area (Å²) in [6, 6.07) is 7.18. The molecule has 0 fully saturated rings. The van der Waals surface area contributed by atoms with Crippen molar-refractivity contribution in [1.29, 1.82) is 0 Å². The molecule has 1 atom stereocenters. The Morgan fingerprint density at radius 1 is 1.33 bits per heavy atom. The van der Waals surface area contributed by atoms with Gasteiger partial charge in [-0.25, -0.2) is 4.39 Å². The predicted octanol–water partition coefficient (Wildman–Crippen LogP) is 4.97. The molecule has 2 nitrogen and oxygen atoms in total. The molecular weight excluding hydrogens is 289 g/mol. The first-order valence-corrected chi connectivity index (χ1v) is 7.64. The van der Waals surface area contributed by atoms with Crippen molar-refractivity contribution in [1.82, 2.24) is 5.32 Å². The standard InChI is InChI=1S/C17H21ClFNO/c1-4-8-20-16(14-9-11(2)21-12(14)3)10-13-6-5-7-15(18)17(13)19/h5-7,9,16,20H,4,8,10H2,1-3H3. The Kier molecular flexibility index (Phi) is 5.43. The highest BCUT2D eigenvalue weighted by molar-refractivity contribution is 6.30. The fraction of sp³-hybridized carbons (Fsp3) is 0.412. The molecule has 114 valence electrons. The zero-order valence-corrected chi connectivity index (χ0v) is 13.4. The van der Waals surface area contributed by atoms with Crippen molar-refractivity contribution in [2.45, 2.75) is 39.7 Å². The van der Waals surface area contributed by atoms with E-state index in [4.69, 9.17) is 16.0 Å². The van der Waals surface area contributed by atoms with Crippen LogP contribution in [0.3, 0.4) is 0 Å². The summed E-state index contributed by atoms with van der Waals surface area (Å²) >= 11 is 5.87. The van der Waals surface area contributed by atoms with E-state index in [9.17, 15) is 4.39 Å². The number of benzene rings is 1. The van der Waals surface area contributed by atoms with E-state index in [2.05, 4.69) is 12.2 Å². The molecule has 4 heteroatoms. The molecule has 1 heterocycles. The molecule has 0 bridgehead atoms. The highest BCUT2D eigenvalue weighted by atomic mass is 35.5. The van der Waals surface area contributed by atoms with Crippen LogP contribution in [-0.2, 0) is 6.42 Å². The van der Waals surface area contributed by atoms with Crippen molar-refractivity contribution in [2.75, 3.05) is 6.54 Å². The van der Waals surface area contributed by atoms with Crippen molar-refractivity contribution >= 4 is 11.6 Å². The van der Waals surface area contributed by atoms with E-state index in [0.717, 1.165) is 30.0 Å². The van der Waals surface area contributed by atoms with Gasteiger partial charge in [-0.3, -0.25) is 0 Å². The lowest BCUT2D eigenvalue weighted by molar-refractivity contribution is 0.476. The SMILES string of the molecule is CCCNC(Cc1cccc(Cl)c1F)c1cc(C)oc1C. The topological polar surface area (TPSA) is 25.2 Å². The highest BCUT2D eigenvalue weighted by Gasteiger charge is 2.19. The van der Waals surface area contributed by atoms with Crippen LogP contribution in [0.1, 0.15) is 42.0 Å². The third-order valence-electron chi connectivity index (χ3n) is 3.55. The van der Waals surface area contributed by atoms with Crippen LogP contribution in [-0.4, -0.2) is 6.54 Å². The summed E-state index contributed by atoms with van der Waals surface area (Å²) in [5.41, 5.74) is 1.70. The number of hydrogen-bond acceptors (Lipinski definition) is 2. The highest BCUT2D eigenvalue weighted by Crippen LogP contribution is 2.27. The Hall–Kier alpha value is -1.32. The van der Waals surface area contributed by atoms with Crippen LogP contribution >= 0.6 is 11.6 Å². The monoisotopic (exact) mass is 309 g/mol. The van der Waals surface area contributed by atoms with Crippen molar-refractivity contribution in [3.63, 3.8) is 0 Å². The lowest BCUT2D eigenvalue weighted by Crippen LogP contribution is -2.24. The Morgan fingerprint density at radius 3 is 2.71 bits per heavy atom. The van der Waals surface area contributed by atoms with Crippen molar-refractivity contribution in [3.05, 3.63) is 57.8 Å². The van der Waals surface area contributed by atoms with Gasteiger partial charge in [-0.15, -0.1) is 0 Å². The summed E-state index contributed by atoms with van der Waals surface area (Å²) in [4.78, 5) is 0. The molecule has 1 aromatic heterocycles. The largest absolute Gasteiger partial charge is 0.466 e. The number of rotatable bonds is 6. The summed E-state index contributed by atoms with van der Waals surface area (Å²) in [5, 5.41) is 3.63. The van der Waals surface area contributed by atoms with Crippen molar-refractivity contribution < 1.29 is 8.81 Å². The van der Waals surface area contributed by atoms with Crippen LogP contribution in [0.25, 0.3) is 0 Å². The van der Waals surface area contributed by atoms with E-state index in [0.29, 0.717) is 12.0 Å². The minimum atomic E-state index is -0.333. The number of nitrogens with one attached hydrogen (secondary N) is 1. The van der Waals surface area contributed by atoms with Gasteiger partial charge in [-0.05, 0) is 50.9 Å². The normalized spacial score (nSPS) is 12.6. The van der Waals surface area contributed by atoms with Crippen LogP contribution < -0.4 is 5.32 Å². The minimum Gasteiger partial charge on any atom is -0.466 e. The Balaban J connectivity index is 2.28. The molecule has 1 unspecified atom stereocenters. The molecular formula is C17H21ClFNO. The van der Waals surface area contributed by atoms with Gasteiger partial charge >= 0.3 is 0 Å². The molecule has 0 amide bonds. The quantitative estimate of drug-likeness (QED) is 0.814. The summed E-state index contributed by atoms with van der Waals surface area (Å²) in [5.74, 6) is 1.42. The smallest absolute Gasteiger partial charge is 0.145 e. The fourth-order valence-electron chi connectivity index (χ4n) is 2.53. The van der Waals surface area contributed by atoms with Gasteiger partial charge in [-0.2, -0.15) is 0 Å². The molecule has 0 aliphatic rings. The molecule has 0 saturated carbocycles. The summed E-state index contributed by atoms with van der Waals surface area (Å²) in [7, 11) is 0. The summed E-state index contributed by atoms with van der Waals surface area (Å²) < 4.78 is 19.7. The first-order chi connectivity index (χ1) is 10.0. The minimum absolute atomic E-state index is 0.0235. The molecule has 21 heavy (non-hydrogen) atoms. The Morgan fingerprint density at radius 2 is 2.10 bits per heavy atom. The van der Waals surface area contributed by atoms with Crippen LogP contribution in [0.4, 0.5) is 4.39 Å². The maximum atomic E-state index is 14.1. The average Bonchev–Trinajstić information content (AvgIpc) is 2.78. The molecule has 0 saturated heterocycles. The second kappa shape index (κ2) is 7.10. The lowest BCUT2D eigenvalue weighted by atomic mass is 9.98. The van der Waals surface area contributed by atoms with Crippen LogP contribution in [0, 0.1) is 19.7 Å². The van der Waals surface area contributed by atoms with Gasteiger partial charge in [0.2, 0.25) is 0 Å². The Bertz CT molecular complexity index is 609. The molecule has 0 radical (unpaired) electrons. The fourth-order valence-corrected chi connectivity index (χ4v) is 2.73. The molecule has 2 rings (SSSR count). The summed E-state index contributed by atoms with van der Waals surface area (Å²) in [6.07, 6.45) is 1.57. The molecule has 0 aliphatic carbocycles. The zero-order valence-electron chi connectivity index (χ0n) is 12.7. The molecule has 1 N–H and O–H groups in total. The average molecular weight is 310 g/mol. The summed E-state index contributed by atoms with van der Waals surface area (Å²) in [6.45, 7) is 6.85. The molecule has 1 aromatic carbocycles. The second-order valence-electron chi connectivity index (χ2n) is 5.29. The van der Waals surface area contributed by atoms with Gasteiger partial charge < -0.3 is 9.73 Å². The van der Waals surface area contributed by atoms with Gasteiger partial charge in [0.1, 0.15) is 17.3 Å². The third kappa shape index (κ3) is 3.86. The van der Waals surface area contributed by atoms with E-state index in [1.54, 1.807) is 18.2 Å². The number of hydrogen-bond donors (Lipinski definition) is 1. The van der Waals surface area contributed by atoms with Gasteiger partial charge in [0.05, 0.1) is 5.02 Å². The van der Waals surface area contributed by atoms with Crippen LogP contribution in [0.2, 0.25) is 5.02 Å². The first-order valence-electron chi connectivity index (χ1n) is 7.26. The van der Waals surface area contributed by atoms with Crippen molar-refractivity contribution in [2.24, 2.45) is 0 Å². The Labute approximate surface area is 130 Å². The van der Waals surface area contributed by atoms with Gasteiger partial charge in [-0.1, -0.05) is 30.7 Å². The van der Waals surface area contributed by atoms with Crippen LogP contribution in [0.15, 0.2) is 28.7 Å². The van der Waals surface area contributed by atoms with Crippen molar-refractivity contribution in [3.8, 4) is 0 Å². The van der Waals surface area contributed by atoms with Crippen LogP contribution in [0.5, 0.6) is 0 Å². The maximum Gasteiger partial charge on any atom is 0.145 e. The van der Waals surface area contributed by atoms with E-state index in [1.165, 1.54) is 0 Å². The third-order valence-corrected chi connectivity index (χ3v) is 3.84. The van der Waals surface area contributed by atoms with E-state index >= 15 is 0 Å². The number of furan rings is 1. The number of aryl methyl sites for hydroxylation is 2. The van der Waals surface area contributed by atoms with Gasteiger partial charge in [0, 0.05) is 11.6 Å². The van der Waals surface area contributed by atoms with E-state index in [-0.39, 0.29) is 16.9 Å². The maximum absolute atomic E-state index is 14.1. The van der Waals surface area contributed by atoms with Gasteiger partial charge in [0.25, 0.3) is 0 Å². The molecule has 0 spiro atoms. The van der Waals surface area contributed by atoms with Gasteiger partial charge in [0.15, 0.2) is 0 Å². The lowest BCUT2D eigenvalue weighted by Gasteiger charge is -2.19. The first kappa shape index (κ1) is 16.1. The van der Waals surface area contributed by atoms with E-state index < -0.39 is 0 Å². The number of halogens is 2. The van der Waals surface area contributed by atoms with E-state index in [1.807, 2.05) is 19.9 Å². The predicted molar refractivity (Wildman–Crippen MR) is 84.3 cm³/mol. The second-order valence-corrected chi connectivity index (χ2v) is 5.70. The molecule has 2 aromatic rings. The zero-order chi connectivity index (χ0) is 15.4.